The monoisotopic (exact) mass is 691 g/mol. The molecule has 0 rings (SSSR count). The van der Waals surface area contributed by atoms with Gasteiger partial charge in [0.05, 0.1) is 26.4 Å². The first-order chi connectivity index (χ1) is 19.7. The average molecular weight is 693 g/mol. The predicted octanol–water partition coefficient (Wildman–Crippen LogP) is 4.27. The summed E-state index contributed by atoms with van der Waals surface area (Å²) < 4.78 is 31.0. The van der Waals surface area contributed by atoms with E-state index in [1.165, 1.54) is 5.48 Å². The van der Waals surface area contributed by atoms with Gasteiger partial charge in [-0.05, 0) is 69.2 Å². The quantitative estimate of drug-likeness (QED) is 0.0994. The number of halogens is 2. The van der Waals surface area contributed by atoms with E-state index >= 15 is 0 Å². The highest BCUT2D eigenvalue weighted by atomic mass is 35.5. The summed E-state index contributed by atoms with van der Waals surface area (Å²) in [6.07, 6.45) is -3.38. The van der Waals surface area contributed by atoms with E-state index in [9.17, 15) is 28.8 Å². The van der Waals surface area contributed by atoms with Crippen molar-refractivity contribution < 1.29 is 76.8 Å². The van der Waals surface area contributed by atoms with E-state index in [0.717, 1.165) is 0 Å². The number of carbonyl (C=O) groups is 6. The summed E-state index contributed by atoms with van der Waals surface area (Å²) in [5.41, 5.74) is -0.501. The molecule has 44 heavy (non-hydrogen) atoms. The summed E-state index contributed by atoms with van der Waals surface area (Å²) in [5, 5.41) is 7.97. The fourth-order valence-electron chi connectivity index (χ4n) is 1.37. The Bertz CT molecular complexity index is 758. The first-order valence-electron chi connectivity index (χ1n) is 12.2. The molecule has 0 saturated heterocycles. The molecule has 0 radical (unpaired) electrons. The minimum atomic E-state index is -0.863. The van der Waals surface area contributed by atoms with Crippen LogP contribution in [-0.2, 0) is 47.6 Å². The molecule has 0 spiro atoms. The highest BCUT2D eigenvalue weighted by molar-refractivity contribution is 6.61. The van der Waals surface area contributed by atoms with Crippen LogP contribution in [0, 0.1) is 0 Å². The first-order valence-corrected chi connectivity index (χ1v) is 12.6. The molecule has 19 nitrogen and oxygen atoms in total. The van der Waals surface area contributed by atoms with Crippen molar-refractivity contribution in [1.82, 2.24) is 5.48 Å². The molecule has 0 unspecified atom stereocenters. The van der Waals surface area contributed by atoms with E-state index in [4.69, 9.17) is 21.5 Å². The van der Waals surface area contributed by atoms with E-state index < -0.39 is 53.8 Å². The van der Waals surface area contributed by atoms with Crippen LogP contribution in [-0.4, -0.2) is 85.4 Å². The van der Waals surface area contributed by atoms with Crippen molar-refractivity contribution in [3.8, 4) is 0 Å². The molecule has 21 heteroatoms. The van der Waals surface area contributed by atoms with Gasteiger partial charge in [-0.3, -0.25) is 5.21 Å². The highest BCUT2D eigenvalue weighted by Crippen LogP contribution is 2.07. The number of ether oxygens (including phenoxy) is 7. The van der Waals surface area contributed by atoms with Crippen molar-refractivity contribution in [2.45, 2.75) is 80.4 Å². The lowest BCUT2D eigenvalue weighted by Gasteiger charge is -2.19. The number of hydrogen-bond donors (Lipinski definition) is 4. The number of hydrogen-bond acceptors (Lipinski definition) is 18. The Kier molecular flexibility index (Phi) is 41.0. The largest absolute Gasteiger partial charge is 0.527 e. The van der Waals surface area contributed by atoms with Crippen LogP contribution in [0.5, 0.6) is 0 Å². The van der Waals surface area contributed by atoms with Crippen molar-refractivity contribution in [3.63, 3.8) is 0 Å². The fraction of sp³-hybridized carbons (Fsp3) is 0.739. The number of nitrogens with one attached hydrogen (secondary N) is 1. The molecule has 0 aromatic rings. The Balaban J connectivity index is -0.000000106. The predicted molar refractivity (Wildman–Crippen MR) is 155 cm³/mol. The van der Waals surface area contributed by atoms with E-state index in [-0.39, 0.29) is 32.2 Å². The van der Waals surface area contributed by atoms with Gasteiger partial charge in [0.25, 0.3) is 0 Å². The smallest absolute Gasteiger partial charge is 0.457 e. The van der Waals surface area contributed by atoms with Crippen molar-refractivity contribution in [3.05, 3.63) is 0 Å². The van der Waals surface area contributed by atoms with Crippen LogP contribution in [0.15, 0.2) is 0 Å². The normalized spacial score (nSPS) is 9.05. The summed E-state index contributed by atoms with van der Waals surface area (Å²) in [5.74, 6) is 8.18. The van der Waals surface area contributed by atoms with Gasteiger partial charge in [-0.2, -0.15) is 11.8 Å². The van der Waals surface area contributed by atoms with E-state index in [2.05, 4.69) is 49.9 Å². The van der Waals surface area contributed by atoms with Gasteiger partial charge in [-0.1, -0.05) is 0 Å². The second-order valence-corrected chi connectivity index (χ2v) is 8.75. The average Bonchev–Trinajstić information content (AvgIpc) is 2.87. The van der Waals surface area contributed by atoms with Crippen LogP contribution >= 0.6 is 24.0 Å². The zero-order valence-corrected chi connectivity index (χ0v) is 28.1. The maximum absolute atomic E-state index is 11.0. The molecular weight excluding hydrogens is 645 g/mol. The minimum Gasteiger partial charge on any atom is -0.457 e. The summed E-state index contributed by atoms with van der Waals surface area (Å²) in [4.78, 5) is 68.4. The van der Waals surface area contributed by atoms with Crippen LogP contribution in [0.4, 0.5) is 24.0 Å². The summed E-state index contributed by atoms with van der Waals surface area (Å²) in [6.45, 7) is 17.7. The molecule has 0 heterocycles. The van der Waals surface area contributed by atoms with Gasteiger partial charge < -0.3 is 42.8 Å². The van der Waals surface area contributed by atoms with Gasteiger partial charge in [0.1, 0.15) is 11.2 Å². The molecule has 0 aliphatic rings. The Hall–Kier alpha value is -3.52. The molecule has 0 bridgehead atoms. The van der Waals surface area contributed by atoms with Gasteiger partial charge in [-0.25, -0.2) is 34.2 Å². The van der Waals surface area contributed by atoms with Crippen molar-refractivity contribution in [2.24, 2.45) is 11.8 Å². The van der Waals surface area contributed by atoms with E-state index in [1.807, 2.05) is 0 Å². The third kappa shape index (κ3) is 62.2. The number of hydroxylamine groups is 1. The van der Waals surface area contributed by atoms with E-state index in [1.54, 1.807) is 69.2 Å². The van der Waals surface area contributed by atoms with Gasteiger partial charge in [-0.15, -0.1) is 12.4 Å². The maximum atomic E-state index is 11.0. The molecule has 0 aromatic carbocycles. The van der Waals surface area contributed by atoms with Gasteiger partial charge in [0, 0.05) is 11.6 Å². The van der Waals surface area contributed by atoms with Crippen molar-refractivity contribution in [1.29, 1.82) is 0 Å². The van der Waals surface area contributed by atoms with Crippen molar-refractivity contribution >= 4 is 60.0 Å². The lowest BCUT2D eigenvalue weighted by Crippen LogP contribution is -2.30. The Morgan fingerprint density at radius 3 is 1.16 bits per heavy atom. The van der Waals surface area contributed by atoms with Crippen LogP contribution in [0.3, 0.4) is 0 Å². The summed E-state index contributed by atoms with van der Waals surface area (Å²) in [7, 11) is 0. The number of nitrogens with two attached hydrogens (primary N) is 2. The molecule has 0 atom stereocenters. The van der Waals surface area contributed by atoms with Crippen LogP contribution in [0.2, 0.25) is 0 Å². The second-order valence-electron chi connectivity index (χ2n) is 8.44. The Morgan fingerprint density at radius 1 is 0.636 bits per heavy atom. The molecule has 264 valence electrons. The standard InChI is InChI=1S/C9H16O5.C5H11NO3.C3H5ClO2.2C3H7NO3.ClH/c1-5-12-8(11)13-6-7(10)14-9(2,3)4;1-5(2,3)9-4(7)6-8;1-2-6-3(4)5;2*1-2-6-3(5)7-4;/h5-6H2,1-4H3;8H,1-3H3,(H,6,7);2H2,1H3;2*2,4H2,1H3;1H. The zero-order chi connectivity index (χ0) is 35.1. The number of carbonyl (C=O) groups excluding carboxylic acids is 6. The molecule has 6 N–H and O–H groups in total. The highest BCUT2D eigenvalue weighted by Gasteiger charge is 2.17. The first kappa shape index (κ1) is 53.1. The van der Waals surface area contributed by atoms with Crippen molar-refractivity contribution in [2.75, 3.05) is 33.0 Å². The molecule has 0 aliphatic carbocycles. The molecule has 1 amide bonds. The summed E-state index contributed by atoms with van der Waals surface area (Å²) >= 11 is 4.72. The minimum absolute atomic E-state index is 0. The third-order valence-corrected chi connectivity index (χ3v) is 2.56. The number of rotatable bonds is 6. The molecule has 0 aliphatic heterocycles. The molecule has 0 fully saturated rings. The second kappa shape index (κ2) is 34.0. The number of esters is 1. The summed E-state index contributed by atoms with van der Waals surface area (Å²) in [6, 6.07) is 0. The number of amides is 1. The van der Waals surface area contributed by atoms with Crippen LogP contribution in [0.25, 0.3) is 0 Å². The maximum Gasteiger partial charge on any atom is 0.527 e. The topological polar surface area (TPSA) is 270 Å². The Morgan fingerprint density at radius 2 is 0.977 bits per heavy atom. The van der Waals surface area contributed by atoms with Crippen LogP contribution < -0.4 is 17.3 Å². The zero-order valence-electron chi connectivity index (χ0n) is 26.5. The van der Waals surface area contributed by atoms with Crippen LogP contribution in [0.1, 0.15) is 69.2 Å². The van der Waals surface area contributed by atoms with Gasteiger partial charge >= 0.3 is 36.0 Å². The lowest BCUT2D eigenvalue weighted by molar-refractivity contribution is -0.159. The molecular formula is C23H47Cl2N3O16. The lowest BCUT2D eigenvalue weighted by atomic mass is 10.2. The van der Waals surface area contributed by atoms with Gasteiger partial charge in [0.15, 0.2) is 6.61 Å². The molecule has 0 saturated carbocycles. The SMILES string of the molecule is CC(C)(C)OC(=O)NO.CCOC(=O)Cl.CCOC(=O)OCC(=O)OC(C)(C)C.CCOC(=O)ON.CCOC(=O)ON.Cl. The third-order valence-electron chi connectivity index (χ3n) is 2.45. The Labute approximate surface area is 267 Å². The van der Waals surface area contributed by atoms with Gasteiger partial charge in [0.2, 0.25) is 0 Å². The fourth-order valence-corrected chi connectivity index (χ4v) is 1.48. The molecule has 0 aromatic heterocycles. The van der Waals surface area contributed by atoms with E-state index in [0.29, 0.717) is 6.61 Å².